The van der Waals surface area contributed by atoms with Gasteiger partial charge in [0.15, 0.2) is 5.78 Å². The zero-order chi connectivity index (χ0) is 16.5. The molecule has 10 heteroatoms. The lowest BCUT2D eigenvalue weighted by molar-refractivity contribution is 0.0500. The summed E-state index contributed by atoms with van der Waals surface area (Å²) in [6.45, 7) is 1.26. The third kappa shape index (κ3) is 3.65. The average molecular weight is 631 g/mol. The summed E-state index contributed by atoms with van der Waals surface area (Å²) < 4.78 is 0.451. The second kappa shape index (κ2) is 7.47. The molecule has 114 valence electrons. The van der Waals surface area contributed by atoms with Crippen molar-refractivity contribution in [3.63, 3.8) is 0 Å². The maximum absolute atomic E-state index is 12.1. The van der Waals surface area contributed by atoms with Crippen molar-refractivity contribution in [3.05, 3.63) is 27.4 Å². The number of aliphatic hydroxyl groups is 1. The lowest BCUT2D eigenvalue weighted by Gasteiger charge is -2.16. The summed E-state index contributed by atoms with van der Waals surface area (Å²) in [5.74, 6) is 1.91. The molecule has 7 nitrogen and oxygen atoms in total. The minimum absolute atomic E-state index is 0.0376. The molecule has 4 N–H and O–H groups in total. The minimum Gasteiger partial charge on any atom is -0.478 e. The molecule has 0 radical (unpaired) electrons. The first kappa shape index (κ1) is 19.0. The molecule has 0 aliphatic heterocycles. The Labute approximate surface area is 160 Å². The van der Waals surface area contributed by atoms with E-state index in [0.717, 1.165) is 0 Å². The molecular weight excluding hydrogens is 623 g/mol. The van der Waals surface area contributed by atoms with Gasteiger partial charge in [-0.05, 0) is 74.7 Å². The normalized spacial score (nSPS) is 11.9. The van der Waals surface area contributed by atoms with Gasteiger partial charge in [0.2, 0.25) is 0 Å². The van der Waals surface area contributed by atoms with Crippen LogP contribution in [0.25, 0.3) is 0 Å². The van der Waals surface area contributed by atoms with Crippen molar-refractivity contribution >= 4 is 85.5 Å². The van der Waals surface area contributed by atoms with Gasteiger partial charge in [-0.15, -0.1) is 0 Å². The van der Waals surface area contributed by atoms with E-state index < -0.39 is 23.8 Å². The van der Waals surface area contributed by atoms with Crippen molar-refractivity contribution in [2.45, 2.75) is 13.0 Å². The Balaban J connectivity index is 3.89. The first-order chi connectivity index (χ1) is 9.64. The molecule has 21 heavy (non-hydrogen) atoms. The number of rotatable bonds is 4. The van der Waals surface area contributed by atoms with Crippen molar-refractivity contribution in [1.82, 2.24) is 0 Å². The number of carboxylic acid groups (broad SMARTS) is 1. The number of aromatic carboxylic acids is 1. The van der Waals surface area contributed by atoms with Gasteiger partial charge >= 0.3 is 11.9 Å². The summed E-state index contributed by atoms with van der Waals surface area (Å²) in [4.78, 5) is 39.4. The Morgan fingerprint density at radius 3 is 1.86 bits per heavy atom. The van der Waals surface area contributed by atoms with Gasteiger partial charge in [-0.3, -0.25) is 4.79 Å². The van der Waals surface area contributed by atoms with E-state index in [1.807, 2.05) is 0 Å². The van der Waals surface area contributed by atoms with Gasteiger partial charge in [-0.2, -0.15) is 5.90 Å². The number of halogens is 3. The average Bonchev–Trinajstić information content (AvgIpc) is 2.37. The van der Waals surface area contributed by atoms with E-state index in [-0.39, 0.29) is 27.4 Å². The molecule has 0 amide bonds. The molecule has 1 unspecified atom stereocenters. The third-order valence-electron chi connectivity index (χ3n) is 2.47. The van der Waals surface area contributed by atoms with Crippen LogP contribution in [-0.2, 0) is 4.84 Å². The second-order valence-electron chi connectivity index (χ2n) is 3.82. The fourth-order valence-electron chi connectivity index (χ4n) is 1.52. The number of Topliss-reactive ketones (excluding diaryl/α,β-unsaturated/α-hetero) is 1. The van der Waals surface area contributed by atoms with Crippen molar-refractivity contribution < 1.29 is 29.4 Å². The number of aliphatic hydroxyl groups excluding tert-OH is 1. The second-order valence-corrected chi connectivity index (χ2v) is 7.05. The highest BCUT2D eigenvalue weighted by Gasteiger charge is 2.31. The van der Waals surface area contributed by atoms with Crippen LogP contribution in [0.1, 0.15) is 38.0 Å². The summed E-state index contributed by atoms with van der Waals surface area (Å²) in [7, 11) is 0. The third-order valence-corrected chi connectivity index (χ3v) is 5.70. The van der Waals surface area contributed by atoms with Crippen LogP contribution in [0, 0.1) is 10.7 Å². The SMILES string of the molecule is CC(O)C(=O)c1c(I)c(C(=O)O)c(I)c(C(=O)ON)c1I. The van der Waals surface area contributed by atoms with Crippen LogP contribution >= 0.6 is 67.8 Å². The molecule has 0 fully saturated rings. The Morgan fingerprint density at radius 2 is 1.48 bits per heavy atom. The smallest absolute Gasteiger partial charge is 0.358 e. The molecule has 0 bridgehead atoms. The number of carboxylic acids is 1. The molecule has 0 saturated carbocycles. The predicted molar refractivity (Wildman–Crippen MR) is 97.2 cm³/mol. The van der Waals surface area contributed by atoms with Crippen LogP contribution in [0.15, 0.2) is 0 Å². The molecule has 0 saturated heterocycles. The van der Waals surface area contributed by atoms with Gasteiger partial charge in [-0.25, -0.2) is 9.59 Å². The number of hydrogen-bond acceptors (Lipinski definition) is 6. The molecular formula is C11H8I3NO6. The van der Waals surface area contributed by atoms with E-state index >= 15 is 0 Å². The Hall–Kier alpha value is -0.0600. The van der Waals surface area contributed by atoms with Crippen LogP contribution < -0.4 is 5.90 Å². The molecule has 0 heterocycles. The highest BCUT2D eigenvalue weighted by molar-refractivity contribution is 14.1. The van der Waals surface area contributed by atoms with Crippen LogP contribution in [0.5, 0.6) is 0 Å². The van der Waals surface area contributed by atoms with Crippen LogP contribution in [0.3, 0.4) is 0 Å². The molecule has 0 aromatic heterocycles. The summed E-state index contributed by atoms with van der Waals surface area (Å²) in [5, 5.41) is 18.8. The van der Waals surface area contributed by atoms with Gasteiger partial charge < -0.3 is 15.1 Å². The van der Waals surface area contributed by atoms with Gasteiger partial charge in [0, 0.05) is 16.3 Å². The van der Waals surface area contributed by atoms with Crippen molar-refractivity contribution in [2.24, 2.45) is 5.90 Å². The fraction of sp³-hybridized carbons (Fsp3) is 0.182. The zero-order valence-electron chi connectivity index (χ0n) is 10.3. The van der Waals surface area contributed by atoms with Crippen LogP contribution in [0.2, 0.25) is 0 Å². The summed E-state index contributed by atoms with van der Waals surface area (Å²) in [5.41, 5.74) is -0.356. The standard InChI is InChI=1S/C11H8I3NO6/c1-2(16)9(17)3-6(12)4(10(18)19)8(14)5(7(3)13)11(20)21-15/h2,16H,15H2,1H3,(H,18,19). The number of hydrogen-bond donors (Lipinski definition) is 3. The predicted octanol–water partition coefficient (Wildman–Crippen LogP) is 1.79. The molecule has 1 rings (SSSR count). The van der Waals surface area contributed by atoms with Gasteiger partial charge in [0.25, 0.3) is 0 Å². The van der Waals surface area contributed by atoms with Gasteiger partial charge in [0.05, 0.1) is 11.1 Å². The fourth-order valence-corrected chi connectivity index (χ4v) is 6.11. The topological polar surface area (TPSA) is 127 Å². The summed E-state index contributed by atoms with van der Waals surface area (Å²) in [6, 6.07) is 0. The van der Waals surface area contributed by atoms with E-state index in [9.17, 15) is 24.6 Å². The molecule has 1 atom stereocenters. The molecule has 0 aliphatic rings. The van der Waals surface area contributed by atoms with Crippen LogP contribution in [0.4, 0.5) is 0 Å². The van der Waals surface area contributed by atoms with E-state index in [2.05, 4.69) is 4.84 Å². The number of carbonyl (C=O) groups is 3. The summed E-state index contributed by atoms with van der Waals surface area (Å²) >= 11 is 5.11. The minimum atomic E-state index is -1.34. The van der Waals surface area contributed by atoms with E-state index in [1.165, 1.54) is 6.92 Å². The first-order valence-corrected chi connectivity index (χ1v) is 8.45. The zero-order valence-corrected chi connectivity index (χ0v) is 16.8. The van der Waals surface area contributed by atoms with E-state index in [4.69, 9.17) is 5.90 Å². The Morgan fingerprint density at radius 1 is 1.05 bits per heavy atom. The Bertz CT molecular complexity index is 644. The molecule has 0 spiro atoms. The van der Waals surface area contributed by atoms with Gasteiger partial charge in [0.1, 0.15) is 6.10 Å². The van der Waals surface area contributed by atoms with E-state index in [1.54, 1.807) is 67.8 Å². The first-order valence-electron chi connectivity index (χ1n) is 5.22. The molecule has 0 aliphatic carbocycles. The lowest BCUT2D eigenvalue weighted by Crippen LogP contribution is -2.25. The van der Waals surface area contributed by atoms with Crippen molar-refractivity contribution in [3.8, 4) is 0 Å². The monoisotopic (exact) mass is 631 g/mol. The van der Waals surface area contributed by atoms with Gasteiger partial charge in [-0.1, -0.05) is 0 Å². The summed E-state index contributed by atoms with van der Waals surface area (Å²) in [6.07, 6.45) is -1.34. The lowest BCUT2D eigenvalue weighted by atomic mass is 10.0. The number of benzene rings is 1. The number of ketones is 1. The van der Waals surface area contributed by atoms with Crippen LogP contribution in [-0.4, -0.2) is 34.0 Å². The highest BCUT2D eigenvalue weighted by atomic mass is 127. The maximum atomic E-state index is 12.1. The highest BCUT2D eigenvalue weighted by Crippen LogP contribution is 2.33. The van der Waals surface area contributed by atoms with Crippen molar-refractivity contribution in [2.75, 3.05) is 0 Å². The number of nitrogens with two attached hydrogens (primary N) is 1. The quantitative estimate of drug-likeness (QED) is 0.263. The molecule has 1 aromatic carbocycles. The maximum Gasteiger partial charge on any atom is 0.358 e. The van der Waals surface area contributed by atoms with Crippen molar-refractivity contribution in [1.29, 1.82) is 0 Å². The Kier molecular flexibility index (Phi) is 6.76. The van der Waals surface area contributed by atoms with E-state index in [0.29, 0.717) is 0 Å². The number of carbonyl (C=O) groups excluding carboxylic acids is 2. The largest absolute Gasteiger partial charge is 0.478 e. The molecule has 1 aromatic rings.